The highest BCUT2D eigenvalue weighted by atomic mass is 16.5. The minimum atomic E-state index is 0.157. The van der Waals surface area contributed by atoms with Crippen molar-refractivity contribution in [2.75, 3.05) is 33.9 Å². The fourth-order valence-electron chi connectivity index (χ4n) is 3.95. The smallest absolute Gasteiger partial charge is 0.222 e. The van der Waals surface area contributed by atoms with Gasteiger partial charge in [0, 0.05) is 44.4 Å². The lowest BCUT2D eigenvalue weighted by Gasteiger charge is -2.16. The molecular formula is C21H28N4O3. The molecule has 1 amide bonds. The third kappa shape index (κ3) is 4.19. The summed E-state index contributed by atoms with van der Waals surface area (Å²) in [5.41, 5.74) is 1.14. The number of benzene rings is 1. The van der Waals surface area contributed by atoms with Gasteiger partial charge in [0.05, 0.1) is 13.7 Å². The van der Waals surface area contributed by atoms with Crippen LogP contribution in [0.3, 0.4) is 0 Å². The molecule has 0 radical (unpaired) electrons. The highest BCUT2D eigenvalue weighted by Crippen LogP contribution is 2.39. The van der Waals surface area contributed by atoms with Crippen molar-refractivity contribution in [3.05, 3.63) is 41.5 Å². The van der Waals surface area contributed by atoms with E-state index in [4.69, 9.17) is 14.5 Å². The fraction of sp³-hybridized carbons (Fsp3) is 0.571. The standard InChI is InChI=1S/C21H28N4O3/c1-27-13-16-11-25(12-18(16)21-22-20(23-24-21)15-6-7-15)19(26)10-5-14-3-8-17(28-2)9-4-14/h3-4,8-9,15-16,18H,5-7,10-13H2,1-2H3,(H,22,23,24)/t16-,18+/m0/s1. The van der Waals surface area contributed by atoms with Crippen LogP contribution < -0.4 is 4.74 Å². The van der Waals surface area contributed by atoms with Crippen molar-refractivity contribution in [1.82, 2.24) is 20.1 Å². The minimum absolute atomic E-state index is 0.157. The first-order valence-electron chi connectivity index (χ1n) is 9.99. The van der Waals surface area contributed by atoms with Gasteiger partial charge < -0.3 is 14.4 Å². The van der Waals surface area contributed by atoms with E-state index in [9.17, 15) is 4.79 Å². The van der Waals surface area contributed by atoms with Crippen molar-refractivity contribution < 1.29 is 14.3 Å². The summed E-state index contributed by atoms with van der Waals surface area (Å²) < 4.78 is 10.6. The van der Waals surface area contributed by atoms with Crippen molar-refractivity contribution in [3.8, 4) is 5.75 Å². The second-order valence-electron chi connectivity index (χ2n) is 7.82. The molecule has 0 bridgehead atoms. The zero-order valence-corrected chi connectivity index (χ0v) is 16.6. The molecule has 2 fully saturated rings. The number of aromatic amines is 1. The molecule has 1 aromatic carbocycles. The summed E-state index contributed by atoms with van der Waals surface area (Å²) in [6, 6.07) is 7.89. The van der Waals surface area contributed by atoms with Crippen LogP contribution in [0.4, 0.5) is 0 Å². The molecule has 2 heterocycles. The first kappa shape index (κ1) is 18.9. The van der Waals surface area contributed by atoms with Gasteiger partial charge in [0.25, 0.3) is 0 Å². The van der Waals surface area contributed by atoms with Gasteiger partial charge in [-0.2, -0.15) is 5.10 Å². The number of methoxy groups -OCH3 is 2. The number of hydrogen-bond donors (Lipinski definition) is 1. The number of aryl methyl sites for hydroxylation is 1. The Morgan fingerprint density at radius 2 is 2.00 bits per heavy atom. The summed E-state index contributed by atoms with van der Waals surface area (Å²) in [5.74, 6) is 3.76. The summed E-state index contributed by atoms with van der Waals surface area (Å²) >= 11 is 0. The number of nitrogens with one attached hydrogen (secondary N) is 1. The lowest BCUT2D eigenvalue weighted by atomic mass is 9.96. The van der Waals surface area contributed by atoms with E-state index in [0.29, 0.717) is 32.0 Å². The van der Waals surface area contributed by atoms with Gasteiger partial charge >= 0.3 is 0 Å². The maximum Gasteiger partial charge on any atom is 0.222 e. The lowest BCUT2D eigenvalue weighted by molar-refractivity contribution is -0.130. The van der Waals surface area contributed by atoms with Crippen LogP contribution >= 0.6 is 0 Å². The maximum atomic E-state index is 12.8. The number of aromatic nitrogens is 3. The largest absolute Gasteiger partial charge is 0.497 e. The number of carbonyl (C=O) groups is 1. The van der Waals surface area contributed by atoms with E-state index in [1.54, 1.807) is 14.2 Å². The zero-order valence-electron chi connectivity index (χ0n) is 16.6. The van der Waals surface area contributed by atoms with Gasteiger partial charge in [-0.15, -0.1) is 0 Å². The van der Waals surface area contributed by atoms with Gasteiger partial charge in [-0.25, -0.2) is 4.98 Å². The van der Waals surface area contributed by atoms with Crippen molar-refractivity contribution >= 4 is 5.91 Å². The quantitative estimate of drug-likeness (QED) is 0.756. The average Bonchev–Trinajstić information content (AvgIpc) is 3.30. The molecule has 0 unspecified atom stereocenters. The van der Waals surface area contributed by atoms with E-state index in [1.165, 1.54) is 12.8 Å². The topological polar surface area (TPSA) is 80.3 Å². The molecule has 150 valence electrons. The van der Waals surface area contributed by atoms with Crippen LogP contribution in [0.25, 0.3) is 0 Å². The fourth-order valence-corrected chi connectivity index (χ4v) is 3.95. The Labute approximate surface area is 165 Å². The Balaban J connectivity index is 1.37. The third-order valence-electron chi connectivity index (χ3n) is 5.77. The Morgan fingerprint density at radius 3 is 2.68 bits per heavy atom. The molecule has 1 aliphatic carbocycles. The Hall–Kier alpha value is -2.41. The monoisotopic (exact) mass is 384 g/mol. The number of hydrogen-bond acceptors (Lipinski definition) is 5. The molecule has 1 aromatic heterocycles. The summed E-state index contributed by atoms with van der Waals surface area (Å²) in [6.45, 7) is 2.00. The highest BCUT2D eigenvalue weighted by Gasteiger charge is 2.38. The molecular weight excluding hydrogens is 356 g/mol. The van der Waals surface area contributed by atoms with Crippen LogP contribution in [-0.2, 0) is 16.0 Å². The number of likely N-dealkylation sites (tertiary alicyclic amines) is 1. The van der Waals surface area contributed by atoms with Gasteiger partial charge in [-0.3, -0.25) is 9.89 Å². The van der Waals surface area contributed by atoms with Crippen molar-refractivity contribution in [1.29, 1.82) is 0 Å². The maximum absolute atomic E-state index is 12.8. The molecule has 4 rings (SSSR count). The molecule has 1 saturated carbocycles. The van der Waals surface area contributed by atoms with E-state index in [2.05, 4.69) is 10.2 Å². The Morgan fingerprint density at radius 1 is 1.21 bits per heavy atom. The summed E-state index contributed by atoms with van der Waals surface area (Å²) in [5, 5.41) is 7.51. The van der Waals surface area contributed by atoms with E-state index < -0.39 is 0 Å². The van der Waals surface area contributed by atoms with Crippen molar-refractivity contribution in [3.63, 3.8) is 0 Å². The second-order valence-corrected chi connectivity index (χ2v) is 7.82. The number of nitrogens with zero attached hydrogens (tertiary/aromatic N) is 3. The molecule has 2 aromatic rings. The molecule has 28 heavy (non-hydrogen) atoms. The second kappa shape index (κ2) is 8.31. The summed E-state index contributed by atoms with van der Waals surface area (Å²) in [6.07, 6.45) is 3.59. The van der Waals surface area contributed by atoms with Crippen LogP contribution in [0.5, 0.6) is 5.75 Å². The summed E-state index contributed by atoms with van der Waals surface area (Å²) in [7, 11) is 3.36. The molecule has 1 aliphatic heterocycles. The van der Waals surface area contributed by atoms with Gasteiger partial charge in [0.2, 0.25) is 5.91 Å². The van der Waals surface area contributed by atoms with Gasteiger partial charge in [0.1, 0.15) is 11.6 Å². The Kier molecular flexibility index (Phi) is 5.62. The minimum Gasteiger partial charge on any atom is -0.497 e. The normalized spacial score (nSPS) is 21.9. The van der Waals surface area contributed by atoms with E-state index in [-0.39, 0.29) is 17.7 Å². The number of amides is 1. The lowest BCUT2D eigenvalue weighted by Crippen LogP contribution is -2.29. The summed E-state index contributed by atoms with van der Waals surface area (Å²) in [4.78, 5) is 19.5. The zero-order chi connectivity index (χ0) is 19.5. The first-order chi connectivity index (χ1) is 13.7. The van der Waals surface area contributed by atoms with E-state index in [0.717, 1.165) is 29.4 Å². The predicted octanol–water partition coefficient (Wildman–Crippen LogP) is 2.51. The first-order valence-corrected chi connectivity index (χ1v) is 9.99. The van der Waals surface area contributed by atoms with Crippen LogP contribution in [0, 0.1) is 5.92 Å². The van der Waals surface area contributed by atoms with Gasteiger partial charge in [-0.05, 0) is 37.0 Å². The third-order valence-corrected chi connectivity index (χ3v) is 5.77. The molecule has 0 spiro atoms. The van der Waals surface area contributed by atoms with Gasteiger partial charge in [0.15, 0.2) is 5.82 Å². The molecule has 2 atom stereocenters. The van der Waals surface area contributed by atoms with E-state index >= 15 is 0 Å². The number of carbonyl (C=O) groups excluding carboxylic acids is 1. The van der Waals surface area contributed by atoms with Gasteiger partial charge in [-0.1, -0.05) is 12.1 Å². The van der Waals surface area contributed by atoms with Crippen LogP contribution in [0.2, 0.25) is 0 Å². The van der Waals surface area contributed by atoms with E-state index in [1.807, 2.05) is 29.2 Å². The SMILES string of the molecule is COC[C@@H]1CN(C(=O)CCc2ccc(OC)cc2)C[C@H]1c1nc(C2CC2)n[nH]1. The highest BCUT2D eigenvalue weighted by molar-refractivity contribution is 5.77. The predicted molar refractivity (Wildman–Crippen MR) is 104 cm³/mol. The Bertz CT molecular complexity index is 800. The average molecular weight is 384 g/mol. The van der Waals surface area contributed by atoms with Crippen LogP contribution in [-0.4, -0.2) is 59.9 Å². The number of ether oxygens (including phenoxy) is 2. The van der Waals surface area contributed by atoms with Crippen molar-refractivity contribution in [2.24, 2.45) is 5.92 Å². The number of H-pyrrole nitrogens is 1. The molecule has 1 N–H and O–H groups in total. The molecule has 1 saturated heterocycles. The van der Waals surface area contributed by atoms with Crippen molar-refractivity contribution in [2.45, 2.75) is 37.5 Å². The molecule has 7 nitrogen and oxygen atoms in total. The van der Waals surface area contributed by atoms with Crippen LogP contribution in [0.15, 0.2) is 24.3 Å². The molecule has 7 heteroatoms. The number of rotatable bonds is 8. The van der Waals surface area contributed by atoms with Crippen LogP contribution in [0.1, 0.15) is 48.3 Å². The molecule has 2 aliphatic rings.